The zero-order chi connectivity index (χ0) is 18.0. The first-order valence-electron chi connectivity index (χ1n) is 8.14. The van der Waals surface area contributed by atoms with Crippen LogP contribution in [0.2, 0.25) is 0 Å². The van der Waals surface area contributed by atoms with E-state index >= 15 is 0 Å². The molecule has 0 atom stereocenters. The molecule has 0 aliphatic carbocycles. The second-order valence-corrected chi connectivity index (χ2v) is 7.13. The average molecular weight is 345 g/mol. The molecule has 0 saturated heterocycles. The van der Waals surface area contributed by atoms with Gasteiger partial charge < -0.3 is 10.1 Å². The predicted molar refractivity (Wildman–Crippen MR) is 92.6 cm³/mol. The van der Waals surface area contributed by atoms with Crippen LogP contribution in [0.3, 0.4) is 0 Å². The lowest BCUT2D eigenvalue weighted by Crippen LogP contribution is -2.35. The number of fused-ring (bicyclic) bond motifs is 5. The Morgan fingerprint density at radius 1 is 1.08 bits per heavy atom. The molecule has 2 aliphatic rings. The van der Waals surface area contributed by atoms with Gasteiger partial charge in [0, 0.05) is 22.4 Å². The van der Waals surface area contributed by atoms with E-state index in [-0.39, 0.29) is 17.9 Å². The summed E-state index contributed by atoms with van der Waals surface area (Å²) in [6, 6.07) is 7.64. The average Bonchev–Trinajstić information content (AvgIpc) is 2.54. The minimum Gasteiger partial charge on any atom is -0.488 e. The second kappa shape index (κ2) is 5.04. The third-order valence-electron chi connectivity index (χ3n) is 5.12. The topological polar surface area (TPSA) is 21.3 Å². The molecule has 25 heavy (non-hydrogen) atoms. The van der Waals surface area contributed by atoms with Crippen molar-refractivity contribution in [3.05, 3.63) is 52.6 Å². The maximum Gasteiger partial charge on any atom is 0.416 e. The third-order valence-corrected chi connectivity index (χ3v) is 5.12. The Morgan fingerprint density at radius 3 is 2.52 bits per heavy atom. The lowest BCUT2D eigenvalue weighted by Gasteiger charge is -2.35. The number of hydrogen-bond donors (Lipinski definition) is 1. The van der Waals surface area contributed by atoms with E-state index in [1.54, 1.807) is 0 Å². The minimum atomic E-state index is -4.37. The predicted octanol–water partition coefficient (Wildman–Crippen LogP) is 5.87. The highest BCUT2D eigenvalue weighted by Gasteiger charge is 2.33. The van der Waals surface area contributed by atoms with Crippen LogP contribution in [-0.4, -0.2) is 5.54 Å². The van der Waals surface area contributed by atoms with Gasteiger partial charge in [-0.1, -0.05) is 18.2 Å². The van der Waals surface area contributed by atoms with E-state index in [1.807, 2.05) is 12.1 Å². The van der Waals surface area contributed by atoms with E-state index in [1.165, 1.54) is 11.6 Å². The van der Waals surface area contributed by atoms with Crippen molar-refractivity contribution >= 4 is 11.8 Å². The van der Waals surface area contributed by atoms with Gasteiger partial charge in [0.25, 0.3) is 0 Å². The van der Waals surface area contributed by atoms with Crippen LogP contribution in [0.15, 0.2) is 35.9 Å². The number of hydrogen-bond acceptors (Lipinski definition) is 2. The Hall–Kier alpha value is -2.43. The summed E-state index contributed by atoms with van der Waals surface area (Å²) >= 11 is 0. The number of nitrogens with one attached hydrogen (secondary N) is 1. The summed E-state index contributed by atoms with van der Waals surface area (Å²) in [4.78, 5) is 0. The zero-order valence-electron chi connectivity index (χ0n) is 14.2. The maximum atomic E-state index is 12.9. The fraction of sp³-hybridized carbons (Fsp3) is 0.300. The molecule has 2 aliphatic heterocycles. The first kappa shape index (κ1) is 16.1. The minimum absolute atomic E-state index is 0.129. The highest BCUT2D eigenvalue weighted by Crippen LogP contribution is 2.45. The molecule has 130 valence electrons. The number of ether oxygens (including phenoxy) is 1. The van der Waals surface area contributed by atoms with E-state index in [9.17, 15) is 13.2 Å². The van der Waals surface area contributed by atoms with Crippen LogP contribution in [0.1, 0.15) is 37.5 Å². The van der Waals surface area contributed by atoms with Crippen molar-refractivity contribution in [2.75, 3.05) is 5.32 Å². The smallest absolute Gasteiger partial charge is 0.416 e. The monoisotopic (exact) mass is 345 g/mol. The normalized spacial score (nSPS) is 17.4. The summed E-state index contributed by atoms with van der Waals surface area (Å²) in [6.45, 7) is 6.57. The first-order chi connectivity index (χ1) is 11.7. The van der Waals surface area contributed by atoms with Crippen molar-refractivity contribution in [3.63, 3.8) is 0 Å². The molecule has 0 unspecified atom stereocenters. The van der Waals surface area contributed by atoms with Gasteiger partial charge in [-0.2, -0.15) is 13.2 Å². The molecule has 0 spiro atoms. The summed E-state index contributed by atoms with van der Waals surface area (Å²) in [6.07, 6.45) is -2.23. The summed E-state index contributed by atoms with van der Waals surface area (Å²) in [5.41, 5.74) is 5.10. The van der Waals surface area contributed by atoms with E-state index in [4.69, 9.17) is 4.74 Å². The van der Waals surface area contributed by atoms with Crippen LogP contribution in [-0.2, 0) is 12.8 Å². The Kier molecular flexibility index (Phi) is 3.24. The van der Waals surface area contributed by atoms with Gasteiger partial charge in [0.1, 0.15) is 12.4 Å². The SMILES string of the molecule is CC1=Cc2c(ccc3c2COc2cc(C(F)(F)F)ccc2-3)NC1(C)C. The standard InChI is InChI=1S/C20H18F3NO/c1-11-8-15-16-10-25-18-9-12(20(21,22)23)4-5-14(18)13(16)6-7-17(15)24-19(11,2)3/h4-9,24H,10H2,1-3H3. The molecule has 0 radical (unpaired) electrons. The zero-order valence-corrected chi connectivity index (χ0v) is 14.2. The summed E-state index contributed by atoms with van der Waals surface area (Å²) in [5.74, 6) is 0.284. The highest BCUT2D eigenvalue weighted by molar-refractivity contribution is 5.86. The molecule has 4 rings (SSSR count). The van der Waals surface area contributed by atoms with Crippen LogP contribution >= 0.6 is 0 Å². The van der Waals surface area contributed by atoms with Gasteiger partial charge in [-0.15, -0.1) is 0 Å². The Labute approximate surface area is 144 Å². The number of halogens is 3. The molecule has 2 aromatic rings. The molecule has 0 aromatic heterocycles. The Bertz CT molecular complexity index is 910. The third kappa shape index (κ3) is 2.49. The van der Waals surface area contributed by atoms with Crippen molar-refractivity contribution < 1.29 is 17.9 Å². The van der Waals surface area contributed by atoms with Gasteiger partial charge in [0.15, 0.2) is 0 Å². The van der Waals surface area contributed by atoms with E-state index in [0.29, 0.717) is 5.56 Å². The Balaban J connectivity index is 1.86. The molecule has 5 heteroatoms. The second-order valence-electron chi connectivity index (χ2n) is 7.13. The van der Waals surface area contributed by atoms with Gasteiger partial charge in [-0.25, -0.2) is 0 Å². The largest absolute Gasteiger partial charge is 0.488 e. The van der Waals surface area contributed by atoms with Crippen LogP contribution in [0.4, 0.5) is 18.9 Å². The summed E-state index contributed by atoms with van der Waals surface area (Å²) in [7, 11) is 0. The summed E-state index contributed by atoms with van der Waals surface area (Å²) in [5, 5.41) is 3.52. The highest BCUT2D eigenvalue weighted by atomic mass is 19.4. The van der Waals surface area contributed by atoms with E-state index in [2.05, 4.69) is 32.2 Å². The number of anilines is 1. The van der Waals surface area contributed by atoms with Crippen molar-refractivity contribution in [1.82, 2.24) is 0 Å². The van der Waals surface area contributed by atoms with Crippen molar-refractivity contribution in [1.29, 1.82) is 0 Å². The molecule has 0 saturated carbocycles. The first-order valence-corrected chi connectivity index (χ1v) is 8.14. The molecule has 1 N–H and O–H groups in total. The van der Waals surface area contributed by atoms with E-state index in [0.717, 1.165) is 34.5 Å². The van der Waals surface area contributed by atoms with Gasteiger partial charge >= 0.3 is 6.18 Å². The molecule has 2 aromatic carbocycles. The molecule has 2 nitrogen and oxygen atoms in total. The quantitative estimate of drug-likeness (QED) is 0.644. The molecule has 0 bridgehead atoms. The fourth-order valence-electron chi connectivity index (χ4n) is 3.37. The summed E-state index contributed by atoms with van der Waals surface area (Å²) < 4.78 is 44.5. The van der Waals surface area contributed by atoms with Crippen molar-refractivity contribution in [2.45, 2.75) is 39.1 Å². The van der Waals surface area contributed by atoms with Gasteiger partial charge in [0.05, 0.1) is 11.1 Å². The van der Waals surface area contributed by atoms with Crippen LogP contribution in [0.5, 0.6) is 5.75 Å². The van der Waals surface area contributed by atoms with Crippen LogP contribution in [0.25, 0.3) is 17.2 Å². The fourth-order valence-corrected chi connectivity index (χ4v) is 3.37. The number of benzene rings is 2. The lowest BCUT2D eigenvalue weighted by molar-refractivity contribution is -0.137. The van der Waals surface area contributed by atoms with Crippen molar-refractivity contribution in [2.24, 2.45) is 0 Å². The van der Waals surface area contributed by atoms with E-state index < -0.39 is 11.7 Å². The Morgan fingerprint density at radius 2 is 1.80 bits per heavy atom. The van der Waals surface area contributed by atoms with Gasteiger partial charge in [-0.3, -0.25) is 0 Å². The number of rotatable bonds is 0. The molecule has 0 fully saturated rings. The molecule has 0 amide bonds. The van der Waals surface area contributed by atoms with Crippen LogP contribution in [0, 0.1) is 0 Å². The van der Waals surface area contributed by atoms with Crippen LogP contribution < -0.4 is 10.1 Å². The molecule has 2 heterocycles. The maximum absolute atomic E-state index is 12.9. The van der Waals surface area contributed by atoms with Gasteiger partial charge in [0.2, 0.25) is 0 Å². The van der Waals surface area contributed by atoms with Crippen molar-refractivity contribution in [3.8, 4) is 16.9 Å². The molecular weight excluding hydrogens is 327 g/mol. The molecular formula is C20H18F3NO. The van der Waals surface area contributed by atoms with Gasteiger partial charge in [-0.05, 0) is 50.1 Å². The number of alkyl halides is 3. The lowest BCUT2D eigenvalue weighted by atomic mass is 9.84.